The van der Waals surface area contributed by atoms with Gasteiger partial charge in [0.1, 0.15) is 11.6 Å². The summed E-state index contributed by atoms with van der Waals surface area (Å²) in [6.07, 6.45) is 1.31. The predicted octanol–water partition coefficient (Wildman–Crippen LogP) is 5.46. The van der Waals surface area contributed by atoms with E-state index >= 15 is 0 Å². The van der Waals surface area contributed by atoms with Crippen LogP contribution in [0.15, 0.2) is 72.8 Å². The Morgan fingerprint density at radius 1 is 1.06 bits per heavy atom. The average molecular weight is 446 g/mol. The van der Waals surface area contributed by atoms with Crippen molar-refractivity contribution < 1.29 is 9.53 Å². The third-order valence-corrected chi connectivity index (χ3v) is 6.31. The molecule has 0 saturated carbocycles. The van der Waals surface area contributed by atoms with Crippen molar-refractivity contribution in [2.75, 3.05) is 18.6 Å². The Balaban J connectivity index is 1.48. The number of nitrogens with zero attached hydrogens (tertiary/aromatic N) is 3. The Morgan fingerprint density at radius 3 is 2.66 bits per heavy atom. The lowest BCUT2D eigenvalue weighted by molar-refractivity contribution is -0.117. The fraction of sp³-hybridized carbons (Fsp3) is 0.231. The third-order valence-electron chi connectivity index (χ3n) is 6.07. The van der Waals surface area contributed by atoms with Crippen LogP contribution < -0.4 is 9.64 Å². The summed E-state index contributed by atoms with van der Waals surface area (Å²) in [6.45, 7) is 1.36. The maximum Gasteiger partial charge on any atom is 0.227 e. The summed E-state index contributed by atoms with van der Waals surface area (Å²) in [6, 6.07) is 24.0. The molecular formula is C26H24ClN3O2. The molecule has 0 spiro atoms. The summed E-state index contributed by atoms with van der Waals surface area (Å²) in [4.78, 5) is 19.8. The second-order valence-corrected chi connectivity index (χ2v) is 8.50. The topological polar surface area (TPSA) is 47.4 Å². The minimum absolute atomic E-state index is 0.00522. The number of rotatable bonds is 6. The highest BCUT2D eigenvalue weighted by Gasteiger charge is 2.36. The van der Waals surface area contributed by atoms with Crippen LogP contribution in [-0.4, -0.2) is 29.1 Å². The molecule has 0 bridgehead atoms. The molecule has 162 valence electrons. The first-order valence-corrected chi connectivity index (χ1v) is 11.1. The molecular weight excluding hydrogens is 422 g/mol. The molecule has 1 fully saturated rings. The van der Waals surface area contributed by atoms with Crippen LogP contribution in [0.2, 0.25) is 5.02 Å². The summed E-state index contributed by atoms with van der Waals surface area (Å²) >= 11 is 6.22. The number of ether oxygens (including phenoxy) is 1. The second kappa shape index (κ2) is 8.67. The van der Waals surface area contributed by atoms with Gasteiger partial charge in [0, 0.05) is 30.5 Å². The normalized spacial score (nSPS) is 16.1. The van der Waals surface area contributed by atoms with E-state index in [0.29, 0.717) is 29.4 Å². The van der Waals surface area contributed by atoms with E-state index in [0.717, 1.165) is 29.8 Å². The number of anilines is 1. The number of aryl methyl sites for hydroxylation is 2. The molecule has 1 saturated heterocycles. The fourth-order valence-electron chi connectivity index (χ4n) is 4.51. The van der Waals surface area contributed by atoms with Gasteiger partial charge in [-0.2, -0.15) is 0 Å². The number of carbonyl (C=O) groups is 1. The molecule has 1 atom stereocenters. The first-order valence-electron chi connectivity index (χ1n) is 10.8. The smallest absolute Gasteiger partial charge is 0.227 e. The highest BCUT2D eigenvalue weighted by molar-refractivity contribution is 6.31. The lowest BCUT2D eigenvalue weighted by atomic mass is 10.1. The number of hydrogen-bond donors (Lipinski definition) is 0. The molecule has 1 aliphatic heterocycles. The summed E-state index contributed by atoms with van der Waals surface area (Å²) in [7, 11) is 1.60. The summed E-state index contributed by atoms with van der Waals surface area (Å²) < 4.78 is 7.76. The maximum absolute atomic E-state index is 13.0. The minimum atomic E-state index is -0.00522. The summed E-state index contributed by atoms with van der Waals surface area (Å²) in [5, 5.41) is 0.576. The molecule has 0 N–H and O–H groups in total. The van der Waals surface area contributed by atoms with E-state index in [1.807, 2.05) is 24.3 Å². The predicted molar refractivity (Wildman–Crippen MR) is 128 cm³/mol. The van der Waals surface area contributed by atoms with Gasteiger partial charge in [-0.3, -0.25) is 4.79 Å². The molecule has 2 heterocycles. The highest BCUT2D eigenvalue weighted by Crippen LogP contribution is 2.38. The van der Waals surface area contributed by atoms with Crippen LogP contribution in [0.5, 0.6) is 5.75 Å². The Bertz CT molecular complexity index is 1270. The van der Waals surface area contributed by atoms with E-state index < -0.39 is 0 Å². The van der Waals surface area contributed by atoms with Gasteiger partial charge in [-0.25, -0.2) is 4.98 Å². The van der Waals surface area contributed by atoms with Crippen LogP contribution in [0.25, 0.3) is 11.0 Å². The number of aromatic nitrogens is 2. The lowest BCUT2D eigenvalue weighted by Gasteiger charge is -2.20. The number of carbonyl (C=O) groups excluding carboxylic acids is 1. The van der Waals surface area contributed by atoms with Crippen molar-refractivity contribution in [2.45, 2.75) is 25.3 Å². The number of hydrogen-bond acceptors (Lipinski definition) is 3. The number of benzene rings is 3. The standard InChI is InChI=1S/C26H24ClN3O2/c1-32-24-12-11-20(27)16-23(24)30-17-19(15-25(30)31)26-28-21-9-5-6-10-22(21)29(26)14-13-18-7-3-2-4-8-18/h2-12,16,19H,13-15,17H2,1H3. The Morgan fingerprint density at radius 2 is 1.84 bits per heavy atom. The van der Waals surface area contributed by atoms with Gasteiger partial charge in [0.15, 0.2) is 0 Å². The Labute approximate surface area is 192 Å². The van der Waals surface area contributed by atoms with Crippen LogP contribution in [-0.2, 0) is 17.8 Å². The van der Waals surface area contributed by atoms with Gasteiger partial charge in [0.25, 0.3) is 0 Å². The van der Waals surface area contributed by atoms with Crippen molar-refractivity contribution in [3.8, 4) is 5.75 Å². The molecule has 1 aromatic heterocycles. The molecule has 0 aliphatic carbocycles. The van der Waals surface area contributed by atoms with Crippen LogP contribution in [0.4, 0.5) is 5.69 Å². The van der Waals surface area contributed by atoms with Crippen molar-refractivity contribution in [1.29, 1.82) is 0 Å². The molecule has 32 heavy (non-hydrogen) atoms. The van der Waals surface area contributed by atoms with Gasteiger partial charge in [-0.1, -0.05) is 54.1 Å². The fourth-order valence-corrected chi connectivity index (χ4v) is 4.68. The van der Waals surface area contributed by atoms with E-state index in [1.54, 1.807) is 30.2 Å². The van der Waals surface area contributed by atoms with Crippen LogP contribution in [0, 0.1) is 0 Å². The average Bonchev–Trinajstić information content (AvgIpc) is 3.38. The van der Waals surface area contributed by atoms with Gasteiger partial charge in [-0.15, -0.1) is 0 Å². The number of halogens is 1. The zero-order valence-corrected chi connectivity index (χ0v) is 18.6. The molecule has 5 nitrogen and oxygen atoms in total. The first-order chi connectivity index (χ1) is 15.6. The number of fused-ring (bicyclic) bond motifs is 1. The molecule has 3 aromatic carbocycles. The van der Waals surface area contributed by atoms with Gasteiger partial charge in [0.05, 0.1) is 23.8 Å². The van der Waals surface area contributed by atoms with Crippen molar-refractivity contribution >= 4 is 34.2 Å². The van der Waals surface area contributed by atoms with Crippen molar-refractivity contribution in [1.82, 2.24) is 9.55 Å². The summed E-state index contributed by atoms with van der Waals surface area (Å²) in [5.41, 5.74) is 4.05. The molecule has 4 aromatic rings. The van der Waals surface area contributed by atoms with E-state index in [1.165, 1.54) is 5.56 Å². The van der Waals surface area contributed by atoms with Crippen LogP contribution >= 0.6 is 11.6 Å². The molecule has 0 radical (unpaired) electrons. The Kier molecular flexibility index (Phi) is 5.58. The molecule has 6 heteroatoms. The van der Waals surface area contributed by atoms with Gasteiger partial charge < -0.3 is 14.2 Å². The molecule has 1 aliphatic rings. The minimum Gasteiger partial charge on any atom is -0.495 e. The van der Waals surface area contributed by atoms with E-state index in [-0.39, 0.29) is 11.8 Å². The number of imidazole rings is 1. The van der Waals surface area contributed by atoms with E-state index in [4.69, 9.17) is 21.3 Å². The first kappa shape index (κ1) is 20.6. The zero-order valence-electron chi connectivity index (χ0n) is 17.9. The number of amides is 1. The largest absolute Gasteiger partial charge is 0.495 e. The van der Waals surface area contributed by atoms with E-state index in [9.17, 15) is 4.79 Å². The molecule has 1 unspecified atom stereocenters. The zero-order chi connectivity index (χ0) is 22.1. The van der Waals surface area contributed by atoms with Gasteiger partial charge in [0.2, 0.25) is 5.91 Å². The molecule has 5 rings (SSSR count). The number of para-hydroxylation sites is 2. The molecule has 1 amide bonds. The lowest BCUT2D eigenvalue weighted by Crippen LogP contribution is -2.25. The van der Waals surface area contributed by atoms with Crippen LogP contribution in [0.1, 0.15) is 23.7 Å². The van der Waals surface area contributed by atoms with Crippen molar-refractivity contribution in [2.24, 2.45) is 0 Å². The second-order valence-electron chi connectivity index (χ2n) is 8.07. The maximum atomic E-state index is 13.0. The van der Waals surface area contributed by atoms with Crippen molar-refractivity contribution in [3.05, 3.63) is 89.2 Å². The Hall–Kier alpha value is -3.31. The summed E-state index contributed by atoms with van der Waals surface area (Å²) in [5.74, 6) is 1.64. The van der Waals surface area contributed by atoms with Crippen molar-refractivity contribution in [3.63, 3.8) is 0 Å². The highest BCUT2D eigenvalue weighted by atomic mass is 35.5. The van der Waals surface area contributed by atoms with Gasteiger partial charge >= 0.3 is 0 Å². The quantitative estimate of drug-likeness (QED) is 0.396. The third kappa shape index (κ3) is 3.84. The monoisotopic (exact) mass is 445 g/mol. The van der Waals surface area contributed by atoms with Gasteiger partial charge in [-0.05, 0) is 42.3 Å². The van der Waals surface area contributed by atoms with E-state index in [2.05, 4.69) is 34.9 Å². The SMILES string of the molecule is COc1ccc(Cl)cc1N1CC(c2nc3ccccc3n2CCc2ccccc2)CC1=O. The van der Waals surface area contributed by atoms with Crippen LogP contribution in [0.3, 0.4) is 0 Å². The number of methoxy groups -OCH3 is 1.